The number of rotatable bonds is 1. The molecule has 3 aliphatic heterocycles. The fourth-order valence-corrected chi connectivity index (χ4v) is 2.72. The second-order valence-electron chi connectivity index (χ2n) is 4.60. The number of hydrogen-bond acceptors (Lipinski definition) is 3. The summed E-state index contributed by atoms with van der Waals surface area (Å²) in [7, 11) is 0. The topological polar surface area (TPSA) is 15.7 Å². The molecule has 0 bridgehead atoms. The van der Waals surface area contributed by atoms with Crippen molar-refractivity contribution in [2.75, 3.05) is 32.8 Å². The first-order valence-electron chi connectivity index (χ1n) is 5.51. The highest BCUT2D eigenvalue weighted by Crippen LogP contribution is 2.39. The first-order valence-corrected chi connectivity index (χ1v) is 5.51. The summed E-state index contributed by atoms with van der Waals surface area (Å²) < 4.78 is 5.33. The summed E-state index contributed by atoms with van der Waals surface area (Å²) in [6, 6.07) is 0. The lowest BCUT2D eigenvalue weighted by atomic mass is 9.84. The molecule has 3 aliphatic rings. The van der Waals surface area contributed by atoms with Gasteiger partial charge in [0, 0.05) is 19.6 Å². The van der Waals surface area contributed by atoms with Crippen molar-refractivity contribution in [1.29, 1.82) is 0 Å². The van der Waals surface area contributed by atoms with Gasteiger partial charge in [0.05, 0.1) is 18.8 Å². The maximum absolute atomic E-state index is 5.33. The minimum absolute atomic E-state index is 0.456. The quantitative estimate of drug-likeness (QED) is 0.598. The second kappa shape index (κ2) is 2.94. The lowest BCUT2D eigenvalue weighted by Crippen LogP contribution is -2.75. The minimum Gasteiger partial charge on any atom is -0.377 e. The molecule has 0 aromatic rings. The Hall–Kier alpha value is -0.120. The number of hydrazine groups is 1. The van der Waals surface area contributed by atoms with Gasteiger partial charge in [-0.2, -0.15) is 0 Å². The molecule has 3 heteroatoms. The molecule has 0 atom stereocenters. The van der Waals surface area contributed by atoms with E-state index in [1.54, 1.807) is 0 Å². The first kappa shape index (κ1) is 8.21. The van der Waals surface area contributed by atoms with Crippen LogP contribution in [0.5, 0.6) is 0 Å². The van der Waals surface area contributed by atoms with Crippen LogP contribution >= 0.6 is 0 Å². The molecule has 0 N–H and O–H groups in total. The van der Waals surface area contributed by atoms with Gasteiger partial charge < -0.3 is 4.74 Å². The number of piperidine rings is 1. The maximum atomic E-state index is 5.33. The molecule has 3 nitrogen and oxygen atoms in total. The molecule has 0 aromatic heterocycles. The predicted molar refractivity (Wildman–Crippen MR) is 50.3 cm³/mol. The van der Waals surface area contributed by atoms with Crippen molar-refractivity contribution in [3.8, 4) is 0 Å². The zero-order valence-electron chi connectivity index (χ0n) is 8.17. The molecule has 3 fully saturated rings. The lowest BCUT2D eigenvalue weighted by Gasteiger charge is -2.61. The summed E-state index contributed by atoms with van der Waals surface area (Å²) in [5.41, 5.74) is 0.456. The van der Waals surface area contributed by atoms with Gasteiger partial charge >= 0.3 is 0 Å². The Morgan fingerprint density at radius 3 is 2.15 bits per heavy atom. The zero-order valence-corrected chi connectivity index (χ0v) is 8.17. The first-order chi connectivity index (χ1) is 6.41. The highest BCUT2D eigenvalue weighted by molar-refractivity contribution is 5.03. The van der Waals surface area contributed by atoms with E-state index in [1.165, 1.54) is 45.3 Å². The molecule has 3 rings (SSSR count). The lowest BCUT2D eigenvalue weighted by molar-refractivity contribution is -0.272. The average Bonchev–Trinajstić information content (AvgIpc) is 2.01. The molecule has 0 amide bonds. The second-order valence-corrected chi connectivity index (χ2v) is 4.60. The van der Waals surface area contributed by atoms with Crippen molar-refractivity contribution in [3.63, 3.8) is 0 Å². The highest BCUT2D eigenvalue weighted by Gasteiger charge is 2.52. The Morgan fingerprint density at radius 1 is 0.923 bits per heavy atom. The molecule has 0 unspecified atom stereocenters. The van der Waals surface area contributed by atoms with Crippen molar-refractivity contribution in [3.05, 3.63) is 0 Å². The van der Waals surface area contributed by atoms with Gasteiger partial charge in [-0.25, -0.2) is 10.0 Å². The minimum atomic E-state index is 0.456. The van der Waals surface area contributed by atoms with Crippen LogP contribution in [0, 0.1) is 0 Å². The van der Waals surface area contributed by atoms with Crippen LogP contribution in [-0.4, -0.2) is 48.4 Å². The molecular formula is C10H18N2O. The molecule has 74 valence electrons. The fraction of sp³-hybridized carbons (Fsp3) is 1.00. The molecule has 0 radical (unpaired) electrons. The van der Waals surface area contributed by atoms with Crippen LogP contribution in [0.1, 0.15) is 25.7 Å². The molecule has 3 saturated heterocycles. The Morgan fingerprint density at radius 2 is 1.69 bits per heavy atom. The van der Waals surface area contributed by atoms with Crippen molar-refractivity contribution in [2.45, 2.75) is 31.2 Å². The predicted octanol–water partition coefficient (Wildman–Crippen LogP) is 0.862. The molecule has 3 heterocycles. The molecular weight excluding hydrogens is 164 g/mol. The van der Waals surface area contributed by atoms with Gasteiger partial charge in [-0.15, -0.1) is 0 Å². The van der Waals surface area contributed by atoms with Crippen molar-refractivity contribution >= 4 is 0 Å². The normalized spacial score (nSPS) is 34.2. The van der Waals surface area contributed by atoms with Crippen molar-refractivity contribution in [1.82, 2.24) is 10.0 Å². The monoisotopic (exact) mass is 182 g/mol. The van der Waals surface area contributed by atoms with E-state index in [2.05, 4.69) is 10.0 Å². The van der Waals surface area contributed by atoms with Crippen LogP contribution < -0.4 is 0 Å². The summed E-state index contributed by atoms with van der Waals surface area (Å²) in [5.74, 6) is 0. The third-order valence-corrected chi connectivity index (χ3v) is 3.75. The molecule has 0 saturated carbocycles. The summed E-state index contributed by atoms with van der Waals surface area (Å²) in [6.45, 7) is 5.78. The zero-order chi connectivity index (χ0) is 8.73. The standard InChI is InChI=1S/C10H18N2O/c1-2-5-11(6-3-1)12-7-4-10(12)8-13-9-10/h1-9H2. The van der Waals surface area contributed by atoms with Gasteiger partial charge in [0.15, 0.2) is 0 Å². The number of hydrogen-bond donors (Lipinski definition) is 0. The van der Waals surface area contributed by atoms with E-state index < -0.39 is 0 Å². The van der Waals surface area contributed by atoms with Gasteiger partial charge in [0.25, 0.3) is 0 Å². The highest BCUT2D eigenvalue weighted by atomic mass is 16.5. The number of nitrogens with zero attached hydrogens (tertiary/aromatic N) is 2. The van der Waals surface area contributed by atoms with E-state index in [-0.39, 0.29) is 0 Å². The summed E-state index contributed by atoms with van der Waals surface area (Å²) in [6.07, 6.45) is 5.54. The van der Waals surface area contributed by atoms with Crippen LogP contribution in [0.2, 0.25) is 0 Å². The van der Waals surface area contributed by atoms with Gasteiger partial charge in [-0.1, -0.05) is 6.42 Å². The smallest absolute Gasteiger partial charge is 0.0834 e. The van der Waals surface area contributed by atoms with Crippen LogP contribution in [0.4, 0.5) is 0 Å². The van der Waals surface area contributed by atoms with E-state index >= 15 is 0 Å². The molecule has 0 aliphatic carbocycles. The Bertz CT molecular complexity index is 192. The average molecular weight is 182 g/mol. The summed E-state index contributed by atoms with van der Waals surface area (Å²) >= 11 is 0. The Labute approximate surface area is 79.6 Å². The van der Waals surface area contributed by atoms with Crippen LogP contribution in [0.3, 0.4) is 0 Å². The van der Waals surface area contributed by atoms with Gasteiger partial charge in [0.2, 0.25) is 0 Å². The third-order valence-electron chi connectivity index (χ3n) is 3.75. The van der Waals surface area contributed by atoms with Crippen LogP contribution in [0.25, 0.3) is 0 Å². The largest absolute Gasteiger partial charge is 0.377 e. The van der Waals surface area contributed by atoms with E-state index in [4.69, 9.17) is 4.74 Å². The summed E-state index contributed by atoms with van der Waals surface area (Å²) in [4.78, 5) is 0. The van der Waals surface area contributed by atoms with Crippen molar-refractivity contribution in [2.24, 2.45) is 0 Å². The fourth-order valence-electron chi connectivity index (χ4n) is 2.72. The maximum Gasteiger partial charge on any atom is 0.0834 e. The molecule has 0 aromatic carbocycles. The van der Waals surface area contributed by atoms with Gasteiger partial charge in [0.1, 0.15) is 0 Å². The third kappa shape index (κ3) is 1.14. The summed E-state index contributed by atoms with van der Waals surface area (Å²) in [5, 5.41) is 5.14. The Balaban J connectivity index is 1.64. The number of ether oxygens (including phenoxy) is 1. The van der Waals surface area contributed by atoms with E-state index in [0.29, 0.717) is 5.54 Å². The van der Waals surface area contributed by atoms with E-state index in [0.717, 1.165) is 13.2 Å². The van der Waals surface area contributed by atoms with E-state index in [1.807, 2.05) is 0 Å². The van der Waals surface area contributed by atoms with Gasteiger partial charge in [-0.05, 0) is 19.3 Å². The van der Waals surface area contributed by atoms with E-state index in [9.17, 15) is 0 Å². The van der Waals surface area contributed by atoms with Gasteiger partial charge in [-0.3, -0.25) is 0 Å². The molecule has 13 heavy (non-hydrogen) atoms. The Kier molecular flexibility index (Phi) is 1.86. The SMILES string of the molecule is C1CCN(N2CCC23COC3)CC1. The van der Waals surface area contributed by atoms with Crippen LogP contribution in [-0.2, 0) is 4.74 Å². The van der Waals surface area contributed by atoms with Crippen molar-refractivity contribution < 1.29 is 4.74 Å². The van der Waals surface area contributed by atoms with Crippen LogP contribution in [0.15, 0.2) is 0 Å². The molecule has 1 spiro atoms.